The van der Waals surface area contributed by atoms with Gasteiger partial charge in [0.05, 0.1) is 0 Å². The van der Waals surface area contributed by atoms with Gasteiger partial charge in [0.25, 0.3) is 0 Å². The molecule has 2 rings (SSSR count). The molecular formula is C12H17NO. The van der Waals surface area contributed by atoms with Gasteiger partial charge in [-0.05, 0) is 25.8 Å². The maximum Gasteiger partial charge on any atom is 0.120 e. The number of rotatable bonds is 3. The highest BCUT2D eigenvalue weighted by Gasteiger charge is 2.20. The van der Waals surface area contributed by atoms with Crippen LogP contribution in [0.25, 0.3) is 0 Å². The lowest BCUT2D eigenvalue weighted by Crippen LogP contribution is -2.36. The van der Waals surface area contributed by atoms with Gasteiger partial charge in [0.15, 0.2) is 0 Å². The Bertz CT molecular complexity index is 307. The molecule has 0 aromatic heterocycles. The molecule has 0 saturated heterocycles. The molecule has 0 heterocycles. The van der Waals surface area contributed by atoms with Crippen LogP contribution in [-0.4, -0.2) is 11.1 Å². The smallest absolute Gasteiger partial charge is 0.120 e. The quantitative estimate of drug-likeness (QED) is 0.769. The predicted octanol–water partition coefficient (Wildman–Crippen LogP) is 2.60. The van der Waals surface area contributed by atoms with Crippen molar-refractivity contribution >= 4 is 0 Å². The molecule has 2 nitrogen and oxygen atoms in total. The van der Waals surface area contributed by atoms with Crippen molar-refractivity contribution < 1.29 is 5.11 Å². The SMILES string of the molecule is CC(NC1CCC1)c1ccccc1O. The van der Waals surface area contributed by atoms with Gasteiger partial charge in [0, 0.05) is 17.6 Å². The van der Waals surface area contributed by atoms with E-state index in [1.165, 1.54) is 19.3 Å². The molecule has 0 amide bonds. The molecule has 1 atom stereocenters. The molecule has 0 aliphatic heterocycles. The third kappa shape index (κ3) is 1.90. The monoisotopic (exact) mass is 191 g/mol. The van der Waals surface area contributed by atoms with E-state index in [2.05, 4.69) is 12.2 Å². The Hall–Kier alpha value is -1.02. The number of phenols is 1. The Morgan fingerprint density at radius 2 is 2.07 bits per heavy atom. The molecule has 1 saturated carbocycles. The maximum atomic E-state index is 9.64. The summed E-state index contributed by atoms with van der Waals surface area (Å²) in [6, 6.07) is 8.45. The van der Waals surface area contributed by atoms with Crippen molar-refractivity contribution in [1.29, 1.82) is 0 Å². The first-order valence-electron chi connectivity index (χ1n) is 5.31. The van der Waals surface area contributed by atoms with Gasteiger partial charge in [-0.1, -0.05) is 24.6 Å². The van der Waals surface area contributed by atoms with Crippen molar-refractivity contribution in [3.63, 3.8) is 0 Å². The average Bonchev–Trinajstić information content (AvgIpc) is 2.12. The number of phenolic OH excluding ortho intramolecular Hbond substituents is 1. The Kier molecular flexibility index (Phi) is 2.73. The zero-order valence-corrected chi connectivity index (χ0v) is 8.53. The van der Waals surface area contributed by atoms with Crippen LogP contribution in [-0.2, 0) is 0 Å². The highest BCUT2D eigenvalue weighted by atomic mass is 16.3. The second-order valence-corrected chi connectivity index (χ2v) is 4.07. The molecule has 0 spiro atoms. The van der Waals surface area contributed by atoms with Crippen LogP contribution in [0.3, 0.4) is 0 Å². The lowest BCUT2D eigenvalue weighted by atomic mass is 9.91. The van der Waals surface area contributed by atoms with Crippen LogP contribution in [0, 0.1) is 0 Å². The van der Waals surface area contributed by atoms with E-state index in [0.29, 0.717) is 11.8 Å². The summed E-state index contributed by atoms with van der Waals surface area (Å²) in [5, 5.41) is 13.2. The fraction of sp³-hybridized carbons (Fsp3) is 0.500. The molecule has 0 bridgehead atoms. The molecule has 76 valence electrons. The summed E-state index contributed by atoms with van der Waals surface area (Å²) in [6.45, 7) is 2.10. The average molecular weight is 191 g/mol. The third-order valence-electron chi connectivity index (χ3n) is 2.99. The van der Waals surface area contributed by atoms with E-state index in [4.69, 9.17) is 0 Å². The molecule has 1 aromatic carbocycles. The van der Waals surface area contributed by atoms with Crippen molar-refractivity contribution in [2.45, 2.75) is 38.3 Å². The van der Waals surface area contributed by atoms with Crippen molar-refractivity contribution in [1.82, 2.24) is 5.32 Å². The third-order valence-corrected chi connectivity index (χ3v) is 2.99. The number of nitrogens with one attached hydrogen (secondary N) is 1. The van der Waals surface area contributed by atoms with Crippen molar-refractivity contribution in [3.8, 4) is 5.75 Å². The van der Waals surface area contributed by atoms with E-state index in [-0.39, 0.29) is 6.04 Å². The van der Waals surface area contributed by atoms with Crippen LogP contribution >= 0.6 is 0 Å². The van der Waals surface area contributed by atoms with Crippen molar-refractivity contribution in [2.24, 2.45) is 0 Å². The van der Waals surface area contributed by atoms with E-state index in [1.807, 2.05) is 18.2 Å². The summed E-state index contributed by atoms with van der Waals surface area (Å²) in [7, 11) is 0. The van der Waals surface area contributed by atoms with Crippen LogP contribution in [0.5, 0.6) is 5.75 Å². The summed E-state index contributed by atoms with van der Waals surface area (Å²) >= 11 is 0. The lowest BCUT2D eigenvalue weighted by molar-refractivity contribution is 0.310. The second-order valence-electron chi connectivity index (χ2n) is 4.07. The summed E-state index contributed by atoms with van der Waals surface area (Å²) < 4.78 is 0. The van der Waals surface area contributed by atoms with Gasteiger partial charge in [0.2, 0.25) is 0 Å². The molecule has 1 fully saturated rings. The number of hydrogen-bond acceptors (Lipinski definition) is 2. The van der Waals surface area contributed by atoms with E-state index < -0.39 is 0 Å². The summed E-state index contributed by atoms with van der Waals surface area (Å²) in [5.74, 6) is 0.395. The van der Waals surface area contributed by atoms with Crippen molar-refractivity contribution in [2.75, 3.05) is 0 Å². The number of hydrogen-bond donors (Lipinski definition) is 2. The fourth-order valence-electron chi connectivity index (χ4n) is 1.87. The molecule has 14 heavy (non-hydrogen) atoms. The minimum atomic E-state index is 0.251. The maximum absolute atomic E-state index is 9.64. The molecule has 1 aliphatic rings. The topological polar surface area (TPSA) is 32.3 Å². The van der Waals surface area contributed by atoms with E-state index in [9.17, 15) is 5.11 Å². The molecule has 1 unspecified atom stereocenters. The van der Waals surface area contributed by atoms with Gasteiger partial charge < -0.3 is 10.4 Å². The van der Waals surface area contributed by atoms with E-state index >= 15 is 0 Å². The zero-order valence-electron chi connectivity index (χ0n) is 8.53. The first-order chi connectivity index (χ1) is 6.77. The van der Waals surface area contributed by atoms with Crippen LogP contribution in [0.4, 0.5) is 0 Å². The van der Waals surface area contributed by atoms with Crippen LogP contribution in [0.15, 0.2) is 24.3 Å². The van der Waals surface area contributed by atoms with E-state index in [0.717, 1.165) is 5.56 Å². The lowest BCUT2D eigenvalue weighted by Gasteiger charge is -2.30. The van der Waals surface area contributed by atoms with E-state index in [1.54, 1.807) is 6.07 Å². The molecule has 2 heteroatoms. The van der Waals surface area contributed by atoms with Gasteiger partial charge in [-0.3, -0.25) is 0 Å². The summed E-state index contributed by atoms with van der Waals surface area (Å²) in [6.07, 6.45) is 3.89. The molecule has 2 N–H and O–H groups in total. The van der Waals surface area contributed by atoms with Gasteiger partial charge in [0.1, 0.15) is 5.75 Å². The van der Waals surface area contributed by atoms with Crippen molar-refractivity contribution in [3.05, 3.63) is 29.8 Å². The first-order valence-corrected chi connectivity index (χ1v) is 5.31. The zero-order chi connectivity index (χ0) is 9.97. The number of benzene rings is 1. The molecular weight excluding hydrogens is 174 g/mol. The van der Waals surface area contributed by atoms with Crippen LogP contribution in [0.2, 0.25) is 0 Å². The number of aromatic hydroxyl groups is 1. The van der Waals surface area contributed by atoms with Gasteiger partial charge in [-0.2, -0.15) is 0 Å². The number of para-hydroxylation sites is 1. The van der Waals surface area contributed by atoms with Gasteiger partial charge in [-0.25, -0.2) is 0 Å². The molecule has 0 radical (unpaired) electrons. The minimum Gasteiger partial charge on any atom is -0.508 e. The molecule has 1 aliphatic carbocycles. The first kappa shape index (κ1) is 9.53. The highest BCUT2D eigenvalue weighted by Crippen LogP contribution is 2.27. The largest absolute Gasteiger partial charge is 0.508 e. The Morgan fingerprint density at radius 1 is 1.36 bits per heavy atom. The Balaban J connectivity index is 2.02. The second kappa shape index (κ2) is 4.01. The normalized spacial score (nSPS) is 18.9. The Morgan fingerprint density at radius 3 is 2.64 bits per heavy atom. The van der Waals surface area contributed by atoms with Crippen LogP contribution < -0.4 is 5.32 Å². The Labute approximate surface area is 85.0 Å². The molecule has 1 aromatic rings. The minimum absolute atomic E-state index is 0.251. The van der Waals surface area contributed by atoms with Gasteiger partial charge >= 0.3 is 0 Å². The predicted molar refractivity (Wildman–Crippen MR) is 57.3 cm³/mol. The summed E-state index contributed by atoms with van der Waals surface area (Å²) in [4.78, 5) is 0. The van der Waals surface area contributed by atoms with Gasteiger partial charge in [-0.15, -0.1) is 0 Å². The highest BCUT2D eigenvalue weighted by molar-refractivity contribution is 5.34. The fourth-order valence-corrected chi connectivity index (χ4v) is 1.87. The summed E-state index contributed by atoms with van der Waals surface area (Å²) in [5.41, 5.74) is 0.999. The standard InChI is InChI=1S/C12H17NO/c1-9(13-10-5-4-6-10)11-7-2-3-8-12(11)14/h2-3,7-10,13-14H,4-6H2,1H3. The van der Waals surface area contributed by atoms with Crippen LogP contribution in [0.1, 0.15) is 37.8 Å².